The molecule has 0 spiro atoms. The van der Waals surface area contributed by atoms with Crippen molar-refractivity contribution in [2.45, 2.75) is 13.5 Å². The lowest BCUT2D eigenvalue weighted by atomic mass is 9.80. The molecule has 168 valence electrons. The van der Waals surface area contributed by atoms with Crippen LogP contribution in [0.1, 0.15) is 21.6 Å². The maximum atomic E-state index is 11.9. The van der Waals surface area contributed by atoms with Gasteiger partial charge in [0.05, 0.1) is 5.52 Å². The van der Waals surface area contributed by atoms with Crippen LogP contribution in [0.5, 0.6) is 0 Å². The van der Waals surface area contributed by atoms with E-state index in [0.717, 1.165) is 22.2 Å². The Bertz CT molecular complexity index is 1340. The fourth-order valence-corrected chi connectivity index (χ4v) is 3.74. The zero-order chi connectivity index (χ0) is 23.7. The third-order valence-electron chi connectivity index (χ3n) is 5.37. The molecule has 0 unspecified atom stereocenters. The second kappa shape index (κ2) is 8.93. The largest absolute Gasteiger partial charge is 0.488 e. The lowest BCUT2D eigenvalue weighted by Crippen LogP contribution is -2.30. The molecule has 0 bridgehead atoms. The van der Waals surface area contributed by atoms with Gasteiger partial charge in [-0.25, -0.2) is 9.97 Å². The summed E-state index contributed by atoms with van der Waals surface area (Å²) in [6.45, 7) is 2.38. The van der Waals surface area contributed by atoms with Crippen molar-refractivity contribution in [3.63, 3.8) is 0 Å². The zero-order valence-corrected chi connectivity index (χ0v) is 18.6. The number of anilines is 2. The van der Waals surface area contributed by atoms with E-state index in [1.54, 1.807) is 34.7 Å². The smallest absolute Gasteiger partial charge is 0.423 e. The van der Waals surface area contributed by atoms with Crippen LogP contribution in [0.2, 0.25) is 0 Å². The molecule has 4 aromatic rings. The number of nitrogens with one attached hydrogen (secondary N) is 1. The number of benzene rings is 1. The van der Waals surface area contributed by atoms with Crippen molar-refractivity contribution in [2.75, 3.05) is 24.3 Å². The molecule has 9 nitrogen and oxygen atoms in total. The number of aromatic nitrogens is 3. The Morgan fingerprint density at radius 3 is 2.61 bits per heavy atom. The maximum absolute atomic E-state index is 11.9. The van der Waals surface area contributed by atoms with E-state index in [1.807, 2.05) is 50.3 Å². The Morgan fingerprint density at radius 1 is 1.15 bits per heavy atom. The van der Waals surface area contributed by atoms with Gasteiger partial charge in [-0.15, -0.1) is 0 Å². The molecule has 0 fully saturated rings. The third kappa shape index (κ3) is 4.52. The number of fused-ring (bicyclic) bond motifs is 1. The number of rotatable bonds is 7. The van der Waals surface area contributed by atoms with E-state index in [0.29, 0.717) is 35.2 Å². The van der Waals surface area contributed by atoms with E-state index in [-0.39, 0.29) is 0 Å². The van der Waals surface area contributed by atoms with Gasteiger partial charge in [-0.05, 0) is 35.6 Å². The molecule has 0 aliphatic carbocycles. The van der Waals surface area contributed by atoms with Crippen molar-refractivity contribution >= 4 is 35.6 Å². The van der Waals surface area contributed by atoms with Crippen molar-refractivity contribution in [2.24, 2.45) is 5.73 Å². The van der Waals surface area contributed by atoms with Gasteiger partial charge in [0.15, 0.2) is 5.82 Å². The number of primary amides is 1. The van der Waals surface area contributed by atoms with Gasteiger partial charge in [-0.3, -0.25) is 4.79 Å². The monoisotopic (exact) mass is 444 g/mol. The molecule has 4 rings (SSSR count). The standard InChI is InChI=1S/C23H25BN6O3/c1-14-13-30-17(8-5-9-18(30)22(25)31)21(14)23-27-19(11-20(28-23)29(2)3)26-12-15-6-4-7-16(10-15)24(32)33/h4-11,13,32-33H,12H2,1-3H3,(H2,25,31)(H,26,27,28). The highest BCUT2D eigenvalue weighted by Gasteiger charge is 2.18. The van der Waals surface area contributed by atoms with Crippen LogP contribution in [-0.4, -0.2) is 51.5 Å². The van der Waals surface area contributed by atoms with Crippen LogP contribution in [0.4, 0.5) is 11.6 Å². The fourth-order valence-electron chi connectivity index (χ4n) is 3.74. The summed E-state index contributed by atoms with van der Waals surface area (Å²) in [5.41, 5.74) is 9.75. The topological polar surface area (TPSA) is 129 Å². The van der Waals surface area contributed by atoms with E-state index in [4.69, 9.17) is 15.7 Å². The van der Waals surface area contributed by atoms with Crippen LogP contribution in [-0.2, 0) is 6.54 Å². The van der Waals surface area contributed by atoms with Gasteiger partial charge in [0.25, 0.3) is 5.91 Å². The second-order valence-corrected chi connectivity index (χ2v) is 8.02. The number of hydrogen-bond acceptors (Lipinski definition) is 7. The average molecular weight is 444 g/mol. The van der Waals surface area contributed by atoms with Gasteiger partial charge in [0.2, 0.25) is 0 Å². The minimum Gasteiger partial charge on any atom is -0.423 e. The minimum atomic E-state index is -1.52. The quantitative estimate of drug-likeness (QED) is 0.315. The van der Waals surface area contributed by atoms with Crippen LogP contribution in [0.15, 0.2) is 54.7 Å². The van der Waals surface area contributed by atoms with E-state index >= 15 is 0 Å². The molecule has 0 saturated carbocycles. The van der Waals surface area contributed by atoms with Gasteiger partial charge in [0.1, 0.15) is 17.3 Å². The van der Waals surface area contributed by atoms with Crippen molar-refractivity contribution in [3.8, 4) is 11.4 Å². The van der Waals surface area contributed by atoms with E-state index in [2.05, 4.69) is 5.32 Å². The number of aryl methyl sites for hydroxylation is 1. The molecule has 5 N–H and O–H groups in total. The number of amides is 1. The Kier molecular flexibility index (Phi) is 6.04. The van der Waals surface area contributed by atoms with Crippen molar-refractivity contribution in [3.05, 3.63) is 71.5 Å². The second-order valence-electron chi connectivity index (χ2n) is 8.02. The van der Waals surface area contributed by atoms with Gasteiger partial charge in [-0.1, -0.05) is 30.3 Å². The van der Waals surface area contributed by atoms with Crippen molar-refractivity contribution < 1.29 is 14.8 Å². The highest BCUT2D eigenvalue weighted by Crippen LogP contribution is 2.30. The molecular weight excluding hydrogens is 419 g/mol. The number of nitrogens with zero attached hydrogens (tertiary/aromatic N) is 4. The normalized spacial score (nSPS) is 10.9. The van der Waals surface area contributed by atoms with Crippen molar-refractivity contribution in [1.29, 1.82) is 0 Å². The zero-order valence-electron chi connectivity index (χ0n) is 18.6. The Balaban J connectivity index is 1.75. The Labute approximate surface area is 191 Å². The lowest BCUT2D eigenvalue weighted by Gasteiger charge is -2.15. The van der Waals surface area contributed by atoms with Crippen LogP contribution < -0.4 is 21.4 Å². The fraction of sp³-hybridized carbons (Fsp3) is 0.174. The average Bonchev–Trinajstić information content (AvgIpc) is 3.13. The first-order valence-electron chi connectivity index (χ1n) is 10.4. The summed E-state index contributed by atoms with van der Waals surface area (Å²) in [5.74, 6) is 1.34. The summed E-state index contributed by atoms with van der Waals surface area (Å²) in [4.78, 5) is 23.2. The Hall–Kier alpha value is -3.89. The molecule has 1 aromatic carbocycles. The molecular formula is C23H25BN6O3. The molecule has 3 aromatic heterocycles. The number of carbonyl (C=O) groups excluding carboxylic acids is 1. The molecule has 0 atom stereocenters. The van der Waals surface area contributed by atoms with Crippen LogP contribution in [0.25, 0.3) is 16.9 Å². The van der Waals surface area contributed by atoms with E-state index in [1.165, 1.54) is 0 Å². The molecule has 0 radical (unpaired) electrons. The third-order valence-corrected chi connectivity index (χ3v) is 5.37. The van der Waals surface area contributed by atoms with E-state index in [9.17, 15) is 14.8 Å². The predicted molar refractivity (Wildman–Crippen MR) is 130 cm³/mol. The first kappa shape index (κ1) is 22.3. The van der Waals surface area contributed by atoms with Gasteiger partial charge in [-0.2, -0.15) is 0 Å². The number of pyridine rings is 1. The molecule has 0 aliphatic heterocycles. The van der Waals surface area contributed by atoms with Crippen LogP contribution in [0.3, 0.4) is 0 Å². The van der Waals surface area contributed by atoms with Gasteiger partial charge < -0.3 is 30.4 Å². The molecule has 1 amide bonds. The molecule has 0 saturated heterocycles. The summed E-state index contributed by atoms with van der Waals surface area (Å²) in [6, 6.07) is 14.3. The minimum absolute atomic E-state index is 0.384. The first-order chi connectivity index (χ1) is 15.7. The van der Waals surface area contributed by atoms with E-state index < -0.39 is 13.0 Å². The predicted octanol–water partition coefficient (Wildman–Crippen LogP) is 1.16. The first-order valence-corrected chi connectivity index (χ1v) is 10.4. The number of hydrogen-bond donors (Lipinski definition) is 4. The van der Waals surface area contributed by atoms with Gasteiger partial charge in [0, 0.05) is 38.5 Å². The maximum Gasteiger partial charge on any atom is 0.488 e. The summed E-state index contributed by atoms with van der Waals surface area (Å²) in [5, 5.41) is 22.1. The molecule has 33 heavy (non-hydrogen) atoms. The summed E-state index contributed by atoms with van der Waals surface area (Å²) < 4.78 is 1.76. The highest BCUT2D eigenvalue weighted by atomic mass is 16.4. The Morgan fingerprint density at radius 2 is 1.91 bits per heavy atom. The summed E-state index contributed by atoms with van der Waals surface area (Å²) in [6.07, 6.45) is 1.86. The van der Waals surface area contributed by atoms with Crippen LogP contribution in [0, 0.1) is 6.92 Å². The summed E-state index contributed by atoms with van der Waals surface area (Å²) in [7, 11) is 2.28. The lowest BCUT2D eigenvalue weighted by molar-refractivity contribution is 0.0994. The van der Waals surface area contributed by atoms with Crippen LogP contribution >= 0.6 is 0 Å². The molecule has 10 heteroatoms. The highest BCUT2D eigenvalue weighted by molar-refractivity contribution is 6.58. The molecule has 0 aliphatic rings. The summed E-state index contributed by atoms with van der Waals surface area (Å²) >= 11 is 0. The number of carbonyl (C=O) groups is 1. The van der Waals surface area contributed by atoms with Crippen molar-refractivity contribution in [1.82, 2.24) is 14.4 Å². The molecule has 3 heterocycles. The SMILES string of the molecule is Cc1cn2c(C(N)=O)cccc2c1-c1nc(NCc2cccc(B(O)O)c2)cc(N(C)C)n1. The van der Waals surface area contributed by atoms with Gasteiger partial charge >= 0.3 is 7.12 Å². The number of nitrogens with two attached hydrogens (primary N) is 1.